The Hall–Kier alpha value is -4.00. The van der Waals surface area contributed by atoms with Gasteiger partial charge in [0.1, 0.15) is 17.2 Å². The Morgan fingerprint density at radius 1 is 1.00 bits per heavy atom. The number of ether oxygens (including phenoxy) is 1. The minimum absolute atomic E-state index is 0.195. The lowest BCUT2D eigenvalue weighted by molar-refractivity contribution is -0.126. The van der Waals surface area contributed by atoms with Crippen molar-refractivity contribution in [1.82, 2.24) is 9.47 Å². The van der Waals surface area contributed by atoms with Crippen molar-refractivity contribution in [2.75, 3.05) is 5.73 Å². The predicted octanol–water partition coefficient (Wildman–Crippen LogP) is 2.98. The molecule has 0 fully saturated rings. The largest absolute Gasteiger partial charge is 0.457 e. The fourth-order valence-corrected chi connectivity index (χ4v) is 3.56. The summed E-state index contributed by atoms with van der Waals surface area (Å²) >= 11 is 0. The number of carbonyl (C=O) groups excluding carboxylic acids is 2. The first kappa shape index (κ1) is 18.4. The van der Waals surface area contributed by atoms with Crippen molar-refractivity contribution in [3.05, 3.63) is 84.2 Å². The second kappa shape index (κ2) is 7.20. The molecule has 0 spiro atoms. The number of anilines is 1. The quantitative estimate of drug-likeness (QED) is 0.656. The molecule has 1 aliphatic rings. The van der Waals surface area contributed by atoms with E-state index in [-0.39, 0.29) is 11.6 Å². The fourth-order valence-electron chi connectivity index (χ4n) is 3.56. The van der Waals surface area contributed by atoms with Crippen LogP contribution in [0.15, 0.2) is 67.3 Å². The van der Waals surface area contributed by atoms with Crippen LogP contribution in [-0.2, 0) is 17.9 Å². The lowest BCUT2D eigenvalue weighted by Gasteiger charge is -2.17. The summed E-state index contributed by atoms with van der Waals surface area (Å²) in [5.41, 5.74) is 14.6. The van der Waals surface area contributed by atoms with Crippen LogP contribution in [0.5, 0.6) is 11.5 Å². The van der Waals surface area contributed by atoms with Crippen LogP contribution in [0.25, 0.3) is 5.69 Å². The Bertz CT molecular complexity index is 1100. The lowest BCUT2D eigenvalue weighted by Crippen LogP contribution is -2.25. The number of benzene rings is 2. The number of amides is 2. The molecule has 0 aliphatic carbocycles. The van der Waals surface area contributed by atoms with Crippen LogP contribution in [0.3, 0.4) is 0 Å². The SMILES string of the molecule is C=CC(=O)N1Cc2c(N)c(C(N)=O)n(-c3ccc(Oc4ccccc4)cc3)c2C1. The van der Waals surface area contributed by atoms with E-state index in [0.29, 0.717) is 30.2 Å². The standard InChI is InChI=1S/C22H20N4O3/c1-2-19(27)25-12-17-18(13-25)26(21(20(17)23)22(24)28)14-8-10-16(11-9-14)29-15-6-4-3-5-7-15/h2-11H,1,12-13,23H2,(H2,24,28). The molecule has 0 saturated carbocycles. The van der Waals surface area contributed by atoms with Crippen molar-refractivity contribution in [2.24, 2.45) is 5.73 Å². The fraction of sp³-hybridized carbons (Fsp3) is 0.0909. The molecule has 1 aliphatic heterocycles. The average molecular weight is 388 g/mol. The molecule has 4 rings (SSSR count). The number of carbonyl (C=O) groups is 2. The van der Waals surface area contributed by atoms with Crippen molar-refractivity contribution in [3.8, 4) is 17.2 Å². The van der Waals surface area contributed by atoms with Crippen molar-refractivity contribution in [2.45, 2.75) is 13.1 Å². The summed E-state index contributed by atoms with van der Waals surface area (Å²) in [6.45, 7) is 4.16. The van der Waals surface area contributed by atoms with Gasteiger partial charge in [-0.2, -0.15) is 0 Å². The highest BCUT2D eigenvalue weighted by molar-refractivity contribution is 5.99. The van der Waals surface area contributed by atoms with Gasteiger partial charge in [-0.05, 0) is 42.5 Å². The highest BCUT2D eigenvalue weighted by Crippen LogP contribution is 2.36. The number of rotatable bonds is 5. The number of hydrogen-bond acceptors (Lipinski definition) is 4. The number of nitrogens with zero attached hydrogens (tertiary/aromatic N) is 2. The second-order valence-electron chi connectivity index (χ2n) is 6.69. The predicted molar refractivity (Wildman–Crippen MR) is 110 cm³/mol. The Morgan fingerprint density at radius 2 is 1.66 bits per heavy atom. The molecule has 146 valence electrons. The monoisotopic (exact) mass is 388 g/mol. The molecule has 7 heteroatoms. The Labute approximate surface area is 167 Å². The molecule has 3 aromatic rings. The number of nitrogens with two attached hydrogens (primary N) is 2. The maximum atomic E-state index is 12.1. The molecule has 0 unspecified atom stereocenters. The van der Waals surface area contributed by atoms with Crippen LogP contribution in [0.2, 0.25) is 0 Å². The van der Waals surface area contributed by atoms with E-state index in [0.717, 1.165) is 17.0 Å². The molecule has 0 radical (unpaired) electrons. The maximum absolute atomic E-state index is 12.1. The highest BCUT2D eigenvalue weighted by Gasteiger charge is 2.33. The Morgan fingerprint density at radius 3 is 2.28 bits per heavy atom. The number of hydrogen-bond donors (Lipinski definition) is 2. The zero-order chi connectivity index (χ0) is 20.5. The van der Waals surface area contributed by atoms with Crippen LogP contribution in [0.4, 0.5) is 5.69 Å². The first-order valence-corrected chi connectivity index (χ1v) is 9.06. The van der Waals surface area contributed by atoms with Crippen molar-refractivity contribution in [1.29, 1.82) is 0 Å². The third-order valence-corrected chi connectivity index (χ3v) is 4.91. The minimum atomic E-state index is -0.622. The maximum Gasteiger partial charge on any atom is 0.267 e. The van der Waals surface area contributed by atoms with E-state index in [2.05, 4.69) is 6.58 Å². The lowest BCUT2D eigenvalue weighted by atomic mass is 10.2. The van der Waals surface area contributed by atoms with E-state index < -0.39 is 5.91 Å². The van der Waals surface area contributed by atoms with Gasteiger partial charge in [0.25, 0.3) is 5.91 Å². The van der Waals surface area contributed by atoms with Gasteiger partial charge in [-0.3, -0.25) is 9.59 Å². The third-order valence-electron chi connectivity index (χ3n) is 4.91. The summed E-state index contributed by atoms with van der Waals surface area (Å²) in [4.78, 5) is 25.7. The third kappa shape index (κ3) is 3.23. The van der Waals surface area contributed by atoms with Crippen molar-refractivity contribution in [3.63, 3.8) is 0 Å². The normalized spacial score (nSPS) is 12.5. The van der Waals surface area contributed by atoms with Crippen LogP contribution < -0.4 is 16.2 Å². The molecule has 0 bridgehead atoms. The van der Waals surface area contributed by atoms with Gasteiger partial charge in [-0.1, -0.05) is 24.8 Å². The number of primary amides is 1. The molecule has 4 N–H and O–H groups in total. The minimum Gasteiger partial charge on any atom is -0.457 e. The van der Waals surface area contributed by atoms with Gasteiger partial charge in [-0.25, -0.2) is 0 Å². The van der Waals surface area contributed by atoms with Gasteiger partial charge in [0.15, 0.2) is 0 Å². The molecule has 29 heavy (non-hydrogen) atoms. The van der Waals surface area contributed by atoms with E-state index in [9.17, 15) is 9.59 Å². The number of aromatic nitrogens is 1. The molecule has 2 heterocycles. The Kier molecular flexibility index (Phi) is 4.56. The number of fused-ring (bicyclic) bond motifs is 1. The number of para-hydroxylation sites is 1. The topological polar surface area (TPSA) is 104 Å². The summed E-state index contributed by atoms with van der Waals surface area (Å²) in [6, 6.07) is 16.7. The molecule has 0 atom stereocenters. The zero-order valence-corrected chi connectivity index (χ0v) is 15.7. The highest BCUT2D eigenvalue weighted by atomic mass is 16.5. The summed E-state index contributed by atoms with van der Waals surface area (Å²) in [6.07, 6.45) is 1.26. The molecular formula is C22H20N4O3. The van der Waals surface area contributed by atoms with E-state index in [1.165, 1.54) is 6.08 Å². The molecule has 1 aromatic heterocycles. The smallest absolute Gasteiger partial charge is 0.267 e. The summed E-state index contributed by atoms with van der Waals surface area (Å²) in [5, 5.41) is 0. The first-order chi connectivity index (χ1) is 14.0. The Balaban J connectivity index is 1.71. The van der Waals surface area contributed by atoms with Crippen molar-refractivity contribution >= 4 is 17.5 Å². The van der Waals surface area contributed by atoms with Crippen LogP contribution in [-0.4, -0.2) is 21.3 Å². The van der Waals surface area contributed by atoms with Gasteiger partial charge in [0, 0.05) is 11.3 Å². The molecular weight excluding hydrogens is 368 g/mol. The number of nitrogen functional groups attached to an aromatic ring is 1. The summed E-state index contributed by atoms with van der Waals surface area (Å²) in [5.74, 6) is 0.561. The van der Waals surface area contributed by atoms with Crippen LogP contribution >= 0.6 is 0 Å². The molecule has 7 nitrogen and oxygen atoms in total. The summed E-state index contributed by atoms with van der Waals surface area (Å²) in [7, 11) is 0. The van der Waals surface area contributed by atoms with Gasteiger partial charge < -0.3 is 25.7 Å². The van der Waals surface area contributed by atoms with Gasteiger partial charge in [-0.15, -0.1) is 0 Å². The van der Waals surface area contributed by atoms with Gasteiger partial charge in [0.2, 0.25) is 5.91 Å². The van der Waals surface area contributed by atoms with Gasteiger partial charge >= 0.3 is 0 Å². The van der Waals surface area contributed by atoms with Gasteiger partial charge in [0.05, 0.1) is 24.5 Å². The first-order valence-electron chi connectivity index (χ1n) is 9.06. The van der Waals surface area contributed by atoms with E-state index >= 15 is 0 Å². The van der Waals surface area contributed by atoms with Crippen LogP contribution in [0, 0.1) is 0 Å². The van der Waals surface area contributed by atoms with E-state index in [1.807, 2.05) is 42.5 Å². The summed E-state index contributed by atoms with van der Waals surface area (Å²) < 4.78 is 7.54. The molecule has 2 amide bonds. The molecule has 2 aromatic carbocycles. The average Bonchev–Trinajstić information content (AvgIpc) is 3.27. The van der Waals surface area contributed by atoms with Crippen LogP contribution in [0.1, 0.15) is 21.7 Å². The van der Waals surface area contributed by atoms with E-state index in [4.69, 9.17) is 16.2 Å². The zero-order valence-electron chi connectivity index (χ0n) is 15.7. The van der Waals surface area contributed by atoms with Crippen molar-refractivity contribution < 1.29 is 14.3 Å². The van der Waals surface area contributed by atoms with E-state index in [1.54, 1.807) is 21.6 Å². The second-order valence-corrected chi connectivity index (χ2v) is 6.69. The molecule has 0 saturated heterocycles.